The van der Waals surface area contributed by atoms with E-state index in [2.05, 4.69) is 0 Å². The lowest BCUT2D eigenvalue weighted by atomic mass is 9.76. The van der Waals surface area contributed by atoms with E-state index < -0.39 is 0 Å². The van der Waals surface area contributed by atoms with Crippen molar-refractivity contribution in [3.63, 3.8) is 0 Å². The number of ether oxygens (including phenoxy) is 2. The molecule has 0 bridgehead atoms. The molecule has 1 aromatic rings. The summed E-state index contributed by atoms with van der Waals surface area (Å²) in [5.41, 5.74) is 0.840. The van der Waals surface area contributed by atoms with Crippen LogP contribution in [0.2, 0.25) is 0 Å². The van der Waals surface area contributed by atoms with Gasteiger partial charge in [-0.05, 0) is 24.1 Å². The van der Waals surface area contributed by atoms with Crippen LogP contribution in [0.15, 0.2) is 18.2 Å². The molecule has 1 aliphatic heterocycles. The fourth-order valence-corrected chi connectivity index (χ4v) is 2.34. The Bertz CT molecular complexity index is 377. The number of hydrogen-bond acceptors (Lipinski definition) is 2. The maximum absolute atomic E-state index is 13.6. The monoisotopic (exact) mass is 244 g/mol. The summed E-state index contributed by atoms with van der Waals surface area (Å²) in [5.74, 6) is 0.489. The molecule has 1 fully saturated rings. The molecule has 2 nitrogen and oxygen atoms in total. The SMILES string of the molecule is COc1ccc(C2(CCCl)COC2)cc1F. The van der Waals surface area contributed by atoms with Gasteiger partial charge in [0.1, 0.15) is 0 Å². The Labute approximate surface area is 99.3 Å². The number of hydrogen-bond donors (Lipinski definition) is 0. The van der Waals surface area contributed by atoms with Gasteiger partial charge in [-0.3, -0.25) is 0 Å². The summed E-state index contributed by atoms with van der Waals surface area (Å²) < 4.78 is 23.7. The molecule has 0 N–H and O–H groups in total. The zero-order valence-corrected chi connectivity index (χ0v) is 9.89. The average molecular weight is 245 g/mol. The lowest BCUT2D eigenvalue weighted by Crippen LogP contribution is -2.47. The first-order chi connectivity index (χ1) is 7.72. The van der Waals surface area contributed by atoms with Crippen LogP contribution >= 0.6 is 11.6 Å². The zero-order chi connectivity index (χ0) is 11.6. The first kappa shape index (κ1) is 11.7. The summed E-state index contributed by atoms with van der Waals surface area (Å²) >= 11 is 5.77. The smallest absolute Gasteiger partial charge is 0.165 e. The van der Waals surface area contributed by atoms with Gasteiger partial charge in [-0.2, -0.15) is 0 Å². The number of methoxy groups -OCH3 is 1. The predicted molar refractivity (Wildman–Crippen MR) is 60.8 cm³/mol. The van der Waals surface area contributed by atoms with Crippen LogP contribution in [0.5, 0.6) is 5.75 Å². The molecule has 1 saturated heterocycles. The quantitative estimate of drug-likeness (QED) is 0.759. The van der Waals surface area contributed by atoms with E-state index in [0.717, 1.165) is 12.0 Å². The Morgan fingerprint density at radius 1 is 1.50 bits per heavy atom. The highest BCUT2D eigenvalue weighted by Gasteiger charge is 2.40. The fraction of sp³-hybridized carbons (Fsp3) is 0.500. The number of benzene rings is 1. The van der Waals surface area contributed by atoms with Crippen molar-refractivity contribution in [1.82, 2.24) is 0 Å². The van der Waals surface area contributed by atoms with Crippen LogP contribution in [0.4, 0.5) is 4.39 Å². The van der Waals surface area contributed by atoms with Crippen molar-refractivity contribution in [3.8, 4) is 5.75 Å². The van der Waals surface area contributed by atoms with Crippen LogP contribution in [0, 0.1) is 5.82 Å². The first-order valence-electron chi connectivity index (χ1n) is 5.19. The third kappa shape index (κ3) is 1.89. The largest absolute Gasteiger partial charge is 0.494 e. The Hall–Kier alpha value is -0.800. The van der Waals surface area contributed by atoms with Gasteiger partial charge in [-0.15, -0.1) is 11.6 Å². The molecular formula is C12H14ClFO2. The molecule has 0 radical (unpaired) electrons. The van der Waals surface area contributed by atoms with E-state index >= 15 is 0 Å². The minimum atomic E-state index is -0.333. The molecule has 1 aliphatic rings. The third-order valence-electron chi connectivity index (χ3n) is 3.09. The highest BCUT2D eigenvalue weighted by Crippen LogP contribution is 2.37. The van der Waals surface area contributed by atoms with E-state index in [-0.39, 0.29) is 17.0 Å². The van der Waals surface area contributed by atoms with Crippen LogP contribution in [0.1, 0.15) is 12.0 Å². The van der Waals surface area contributed by atoms with Gasteiger partial charge in [0.25, 0.3) is 0 Å². The molecule has 16 heavy (non-hydrogen) atoms. The Balaban J connectivity index is 2.29. The zero-order valence-electron chi connectivity index (χ0n) is 9.13. The van der Waals surface area contributed by atoms with Crippen LogP contribution in [0.3, 0.4) is 0 Å². The Kier molecular flexibility index (Phi) is 3.36. The topological polar surface area (TPSA) is 18.5 Å². The molecule has 0 unspecified atom stereocenters. The van der Waals surface area contributed by atoms with E-state index in [4.69, 9.17) is 21.1 Å². The van der Waals surface area contributed by atoms with E-state index in [1.807, 2.05) is 6.07 Å². The number of halogens is 2. The highest BCUT2D eigenvalue weighted by atomic mass is 35.5. The molecule has 1 aromatic carbocycles. The molecule has 1 heterocycles. The molecule has 88 valence electrons. The van der Waals surface area contributed by atoms with Crippen molar-refractivity contribution < 1.29 is 13.9 Å². The molecular weight excluding hydrogens is 231 g/mol. The summed E-state index contributed by atoms with van der Waals surface area (Å²) in [6, 6.07) is 5.06. The van der Waals surface area contributed by atoms with Crippen molar-refractivity contribution >= 4 is 11.6 Å². The normalized spacial score (nSPS) is 17.9. The second kappa shape index (κ2) is 4.60. The Morgan fingerprint density at radius 2 is 2.25 bits per heavy atom. The molecule has 4 heteroatoms. The Morgan fingerprint density at radius 3 is 2.69 bits per heavy atom. The minimum absolute atomic E-state index is 0.102. The summed E-state index contributed by atoms with van der Waals surface area (Å²) in [6.07, 6.45) is 0.806. The van der Waals surface area contributed by atoms with E-state index in [0.29, 0.717) is 19.1 Å². The van der Waals surface area contributed by atoms with Crippen LogP contribution in [0.25, 0.3) is 0 Å². The summed E-state index contributed by atoms with van der Waals surface area (Å²) in [6.45, 7) is 1.23. The van der Waals surface area contributed by atoms with Crippen molar-refractivity contribution in [1.29, 1.82) is 0 Å². The van der Waals surface area contributed by atoms with Gasteiger partial charge in [0.05, 0.1) is 20.3 Å². The van der Waals surface area contributed by atoms with E-state index in [9.17, 15) is 4.39 Å². The van der Waals surface area contributed by atoms with Crippen molar-refractivity contribution in [3.05, 3.63) is 29.6 Å². The molecule has 0 aromatic heterocycles. The average Bonchev–Trinajstić information content (AvgIpc) is 2.23. The van der Waals surface area contributed by atoms with Gasteiger partial charge < -0.3 is 9.47 Å². The van der Waals surface area contributed by atoms with Gasteiger partial charge in [-0.1, -0.05) is 6.07 Å². The third-order valence-corrected chi connectivity index (χ3v) is 3.28. The van der Waals surface area contributed by atoms with Crippen molar-refractivity contribution in [2.24, 2.45) is 0 Å². The van der Waals surface area contributed by atoms with Crippen LogP contribution in [-0.4, -0.2) is 26.2 Å². The molecule has 0 saturated carbocycles. The molecule has 0 amide bonds. The molecule has 0 aliphatic carbocycles. The van der Waals surface area contributed by atoms with Gasteiger partial charge in [0, 0.05) is 11.3 Å². The van der Waals surface area contributed by atoms with E-state index in [1.54, 1.807) is 6.07 Å². The second-order valence-corrected chi connectivity index (χ2v) is 4.44. The van der Waals surface area contributed by atoms with Crippen molar-refractivity contribution in [2.45, 2.75) is 11.8 Å². The van der Waals surface area contributed by atoms with Gasteiger partial charge in [-0.25, -0.2) is 4.39 Å². The number of alkyl halides is 1. The summed E-state index contributed by atoms with van der Waals surface area (Å²) in [5, 5.41) is 0. The molecule has 0 spiro atoms. The predicted octanol–water partition coefficient (Wildman–Crippen LogP) is 2.73. The maximum atomic E-state index is 13.6. The maximum Gasteiger partial charge on any atom is 0.165 e. The van der Waals surface area contributed by atoms with Crippen LogP contribution in [-0.2, 0) is 10.2 Å². The lowest BCUT2D eigenvalue weighted by Gasteiger charge is -2.41. The van der Waals surface area contributed by atoms with Crippen molar-refractivity contribution in [2.75, 3.05) is 26.2 Å². The summed E-state index contributed by atoms with van der Waals surface area (Å²) in [4.78, 5) is 0. The molecule has 0 atom stereocenters. The van der Waals surface area contributed by atoms with E-state index in [1.165, 1.54) is 13.2 Å². The fourth-order valence-electron chi connectivity index (χ4n) is 1.98. The van der Waals surface area contributed by atoms with Crippen LogP contribution < -0.4 is 4.74 Å². The molecule has 2 rings (SSSR count). The first-order valence-corrected chi connectivity index (χ1v) is 5.73. The highest BCUT2D eigenvalue weighted by molar-refractivity contribution is 6.17. The van der Waals surface area contributed by atoms with Gasteiger partial charge >= 0.3 is 0 Å². The lowest BCUT2D eigenvalue weighted by molar-refractivity contribution is -0.0617. The second-order valence-electron chi connectivity index (χ2n) is 4.06. The standard InChI is InChI=1S/C12H14ClFO2/c1-15-11-3-2-9(6-10(11)14)12(4-5-13)7-16-8-12/h2-3,6H,4-5,7-8H2,1H3. The number of rotatable bonds is 4. The minimum Gasteiger partial charge on any atom is -0.494 e. The van der Waals surface area contributed by atoms with Gasteiger partial charge in [0.2, 0.25) is 0 Å². The summed E-state index contributed by atoms with van der Waals surface area (Å²) in [7, 11) is 1.46. The van der Waals surface area contributed by atoms with Gasteiger partial charge in [0.15, 0.2) is 11.6 Å².